The predicted octanol–water partition coefficient (Wildman–Crippen LogP) is 5.26. The molecule has 5 rings (SSSR count). The lowest BCUT2D eigenvalue weighted by molar-refractivity contribution is -0.123. The molecule has 3 aromatic heterocycles. The van der Waals surface area contributed by atoms with Crippen LogP contribution in [0.2, 0.25) is 5.02 Å². The Morgan fingerprint density at radius 1 is 1.20 bits per heavy atom. The van der Waals surface area contributed by atoms with Gasteiger partial charge in [-0.2, -0.15) is 8.78 Å². The molecule has 0 saturated heterocycles. The summed E-state index contributed by atoms with van der Waals surface area (Å²) >= 11 is 6.25. The van der Waals surface area contributed by atoms with Crippen molar-refractivity contribution in [1.29, 1.82) is 0 Å². The summed E-state index contributed by atoms with van der Waals surface area (Å²) in [6.07, 6.45) is 4.45. The topological polar surface area (TPSA) is 125 Å². The summed E-state index contributed by atoms with van der Waals surface area (Å²) in [5, 5.41) is 10.4. The van der Waals surface area contributed by atoms with Gasteiger partial charge < -0.3 is 14.5 Å². The van der Waals surface area contributed by atoms with E-state index in [1.54, 1.807) is 25.4 Å². The number of aromatic nitrogens is 5. The SMILES string of the molecule is CCC(C(=O)NC1=Cc2nccnc2CC1C)n1cc(OC)c(-c2cc(Cl)ccc2-c2nnc(C(F)F)o2)cc1=O. The standard InChI is InChI=1S/C28H25ClF2N6O4/c1-4-22(26(39)34-19-12-21-20(9-14(19)2)32-7-8-33-21)37-13-23(40-3)18(11-24(37)38)17-10-15(29)5-6-16(17)27-35-36-28(41-27)25(30)31/h5-8,10-14,22,25H,4,9H2,1-3H3,(H,34,39). The fourth-order valence-electron chi connectivity index (χ4n) is 4.74. The Labute approximate surface area is 238 Å². The number of alkyl halides is 2. The molecule has 0 fully saturated rings. The number of benzene rings is 1. The second-order valence-corrected chi connectivity index (χ2v) is 9.88. The zero-order valence-electron chi connectivity index (χ0n) is 22.3. The minimum atomic E-state index is -2.95. The number of halogens is 3. The molecule has 0 saturated carbocycles. The second kappa shape index (κ2) is 11.6. The average Bonchev–Trinajstić information content (AvgIpc) is 3.45. The van der Waals surface area contributed by atoms with Crippen molar-refractivity contribution in [3.05, 3.63) is 81.2 Å². The molecule has 0 bridgehead atoms. The van der Waals surface area contributed by atoms with Gasteiger partial charge in [-0.05, 0) is 42.7 Å². The van der Waals surface area contributed by atoms with Crippen molar-refractivity contribution in [3.63, 3.8) is 0 Å². The lowest BCUT2D eigenvalue weighted by Gasteiger charge is -2.25. The van der Waals surface area contributed by atoms with Crippen LogP contribution in [-0.2, 0) is 11.2 Å². The molecule has 41 heavy (non-hydrogen) atoms. The molecule has 13 heteroatoms. The minimum absolute atomic E-state index is 0.00849. The summed E-state index contributed by atoms with van der Waals surface area (Å²) in [4.78, 5) is 35.6. The first-order chi connectivity index (χ1) is 19.7. The number of carbonyl (C=O) groups excluding carboxylic acids is 1. The number of pyridine rings is 1. The predicted molar refractivity (Wildman–Crippen MR) is 146 cm³/mol. The van der Waals surface area contributed by atoms with Crippen LogP contribution in [0, 0.1) is 5.92 Å². The lowest BCUT2D eigenvalue weighted by atomic mass is 9.93. The van der Waals surface area contributed by atoms with E-state index in [4.69, 9.17) is 20.8 Å². The van der Waals surface area contributed by atoms with Crippen LogP contribution in [0.1, 0.15) is 50.0 Å². The number of hydrogen-bond acceptors (Lipinski definition) is 8. The first-order valence-corrected chi connectivity index (χ1v) is 13.1. The monoisotopic (exact) mass is 582 g/mol. The van der Waals surface area contributed by atoms with E-state index >= 15 is 0 Å². The summed E-state index contributed by atoms with van der Waals surface area (Å²) < 4.78 is 38.2. The van der Waals surface area contributed by atoms with Gasteiger partial charge in [-0.1, -0.05) is 25.4 Å². The zero-order valence-corrected chi connectivity index (χ0v) is 23.0. The second-order valence-electron chi connectivity index (χ2n) is 9.44. The maximum absolute atomic E-state index is 13.5. The molecule has 1 aliphatic carbocycles. The number of fused-ring (bicyclic) bond motifs is 1. The normalized spacial score (nSPS) is 15.3. The highest BCUT2D eigenvalue weighted by molar-refractivity contribution is 6.31. The Hall–Kier alpha value is -4.45. The van der Waals surface area contributed by atoms with E-state index in [0.717, 1.165) is 5.69 Å². The lowest BCUT2D eigenvalue weighted by Crippen LogP contribution is -2.38. The van der Waals surface area contributed by atoms with Gasteiger partial charge in [-0.3, -0.25) is 24.1 Å². The molecule has 0 spiro atoms. The number of nitrogens with one attached hydrogen (secondary N) is 1. The van der Waals surface area contributed by atoms with Gasteiger partial charge in [-0.15, -0.1) is 10.2 Å². The van der Waals surface area contributed by atoms with Crippen LogP contribution in [0.3, 0.4) is 0 Å². The molecule has 1 amide bonds. The molecule has 2 atom stereocenters. The van der Waals surface area contributed by atoms with E-state index in [2.05, 4.69) is 25.5 Å². The van der Waals surface area contributed by atoms with E-state index in [-0.39, 0.29) is 29.0 Å². The van der Waals surface area contributed by atoms with Gasteiger partial charge in [0.25, 0.3) is 11.4 Å². The van der Waals surface area contributed by atoms with Crippen molar-refractivity contribution in [2.24, 2.45) is 5.92 Å². The largest absolute Gasteiger partial charge is 0.495 e. The molecule has 10 nitrogen and oxygen atoms in total. The zero-order chi connectivity index (χ0) is 29.3. The number of amides is 1. The number of methoxy groups -OCH3 is 1. The van der Waals surface area contributed by atoms with Crippen molar-refractivity contribution in [1.82, 2.24) is 30.0 Å². The maximum atomic E-state index is 13.5. The van der Waals surface area contributed by atoms with Gasteiger partial charge in [0.1, 0.15) is 11.8 Å². The fraction of sp³-hybridized carbons (Fsp3) is 0.286. The molecule has 3 heterocycles. The van der Waals surface area contributed by atoms with Crippen molar-refractivity contribution in [2.75, 3.05) is 7.11 Å². The number of hydrogen-bond donors (Lipinski definition) is 1. The number of nitrogens with zero attached hydrogens (tertiary/aromatic N) is 5. The molecule has 0 aliphatic heterocycles. The maximum Gasteiger partial charge on any atom is 0.314 e. The van der Waals surface area contributed by atoms with Crippen molar-refractivity contribution >= 4 is 23.6 Å². The number of ether oxygens (including phenoxy) is 1. The van der Waals surface area contributed by atoms with E-state index in [0.29, 0.717) is 40.4 Å². The highest BCUT2D eigenvalue weighted by Crippen LogP contribution is 2.38. The smallest absolute Gasteiger partial charge is 0.314 e. The molecular formula is C28H25ClF2N6O4. The fourth-order valence-corrected chi connectivity index (χ4v) is 4.91. The van der Waals surface area contributed by atoms with Gasteiger partial charge in [0.2, 0.25) is 11.8 Å². The van der Waals surface area contributed by atoms with Crippen LogP contribution in [0.5, 0.6) is 5.75 Å². The highest BCUT2D eigenvalue weighted by Gasteiger charge is 2.27. The van der Waals surface area contributed by atoms with Crippen molar-refractivity contribution in [3.8, 4) is 28.3 Å². The van der Waals surface area contributed by atoms with Gasteiger partial charge in [0.15, 0.2) is 0 Å². The summed E-state index contributed by atoms with van der Waals surface area (Å²) in [5.41, 5.74) is 2.66. The summed E-state index contributed by atoms with van der Waals surface area (Å²) in [6.45, 7) is 3.77. The van der Waals surface area contributed by atoms with Gasteiger partial charge >= 0.3 is 6.43 Å². The van der Waals surface area contributed by atoms with E-state index < -0.39 is 23.9 Å². The summed E-state index contributed by atoms with van der Waals surface area (Å²) in [7, 11) is 1.41. The first kappa shape index (κ1) is 28.1. The Kier molecular flexibility index (Phi) is 7.93. The molecule has 0 radical (unpaired) electrons. The van der Waals surface area contributed by atoms with Crippen LogP contribution >= 0.6 is 11.6 Å². The van der Waals surface area contributed by atoms with Crippen LogP contribution < -0.4 is 15.6 Å². The molecule has 1 aliphatic rings. The van der Waals surface area contributed by atoms with Gasteiger partial charge in [0.05, 0.1) is 24.7 Å². The Morgan fingerprint density at radius 2 is 1.98 bits per heavy atom. The van der Waals surface area contributed by atoms with Crippen molar-refractivity contribution < 1.29 is 22.7 Å². The molecule has 4 aromatic rings. The van der Waals surface area contributed by atoms with E-state index in [1.807, 2.05) is 6.92 Å². The average molecular weight is 583 g/mol. The van der Waals surface area contributed by atoms with E-state index in [1.165, 1.54) is 42.1 Å². The van der Waals surface area contributed by atoms with Gasteiger partial charge in [0, 0.05) is 46.2 Å². The molecule has 212 valence electrons. The summed E-state index contributed by atoms with van der Waals surface area (Å²) in [5.74, 6) is -1.15. The third-order valence-corrected chi connectivity index (χ3v) is 7.05. The van der Waals surface area contributed by atoms with Crippen LogP contribution in [0.4, 0.5) is 8.78 Å². The molecule has 1 N–H and O–H groups in total. The van der Waals surface area contributed by atoms with Crippen LogP contribution in [0.15, 0.2) is 57.8 Å². The third-order valence-electron chi connectivity index (χ3n) is 6.82. The molecule has 2 unspecified atom stereocenters. The van der Waals surface area contributed by atoms with Crippen LogP contribution in [0.25, 0.3) is 28.7 Å². The summed E-state index contributed by atoms with van der Waals surface area (Å²) in [6, 6.07) is 5.03. The first-order valence-electron chi connectivity index (χ1n) is 12.7. The molecular weight excluding hydrogens is 558 g/mol. The minimum Gasteiger partial charge on any atom is -0.495 e. The third kappa shape index (κ3) is 5.60. The quantitative estimate of drug-likeness (QED) is 0.298. The highest BCUT2D eigenvalue weighted by atomic mass is 35.5. The Morgan fingerprint density at radius 3 is 2.68 bits per heavy atom. The Bertz CT molecular complexity index is 1700. The number of carbonyl (C=O) groups is 1. The van der Waals surface area contributed by atoms with Gasteiger partial charge in [-0.25, -0.2) is 0 Å². The number of rotatable bonds is 8. The Balaban J connectivity index is 1.51. The molecule has 1 aromatic carbocycles. The van der Waals surface area contributed by atoms with Crippen molar-refractivity contribution in [2.45, 2.75) is 39.2 Å². The van der Waals surface area contributed by atoms with Crippen LogP contribution in [-0.4, -0.2) is 37.7 Å². The number of allylic oxidation sites excluding steroid dienone is 1. The van der Waals surface area contributed by atoms with E-state index in [9.17, 15) is 18.4 Å².